The Bertz CT molecular complexity index is 587. The summed E-state index contributed by atoms with van der Waals surface area (Å²) in [4.78, 5) is 11.5. The zero-order valence-corrected chi connectivity index (χ0v) is 10.2. The van der Waals surface area contributed by atoms with E-state index < -0.39 is 19.0 Å². The summed E-state index contributed by atoms with van der Waals surface area (Å²) in [7, 11) is 0. The third-order valence-electron chi connectivity index (χ3n) is 2.90. The van der Waals surface area contributed by atoms with Crippen molar-refractivity contribution in [3.05, 3.63) is 48.0 Å². The molecule has 2 rings (SSSR count). The third kappa shape index (κ3) is 4.09. The molecular formula is C15H13F3O. The first-order chi connectivity index (χ1) is 8.94. The molecule has 0 heterocycles. The van der Waals surface area contributed by atoms with E-state index in [1.807, 2.05) is 36.4 Å². The third-order valence-corrected chi connectivity index (χ3v) is 2.90. The van der Waals surface area contributed by atoms with Crippen molar-refractivity contribution in [2.45, 2.75) is 25.4 Å². The van der Waals surface area contributed by atoms with Crippen LogP contribution < -0.4 is 0 Å². The molecule has 0 saturated carbocycles. The summed E-state index contributed by atoms with van der Waals surface area (Å²) in [6.07, 6.45) is -5.70. The number of carbonyl (C=O) groups excluding carboxylic acids is 1. The molecule has 1 nitrogen and oxygen atoms in total. The lowest BCUT2D eigenvalue weighted by Crippen LogP contribution is -2.12. The number of carbonyl (C=O) groups is 1. The molecule has 19 heavy (non-hydrogen) atoms. The van der Waals surface area contributed by atoms with Crippen LogP contribution in [-0.4, -0.2) is 12.0 Å². The van der Waals surface area contributed by atoms with E-state index in [4.69, 9.17) is 0 Å². The molecule has 0 N–H and O–H groups in total. The maximum atomic E-state index is 12.0. The van der Waals surface area contributed by atoms with Gasteiger partial charge in [-0.25, -0.2) is 0 Å². The zero-order chi connectivity index (χ0) is 13.9. The molecule has 100 valence electrons. The lowest BCUT2D eigenvalue weighted by Gasteiger charge is -2.06. The van der Waals surface area contributed by atoms with Gasteiger partial charge >= 0.3 is 6.18 Å². The molecule has 0 unspecified atom stereocenters. The smallest absolute Gasteiger partial charge is 0.299 e. The van der Waals surface area contributed by atoms with Gasteiger partial charge in [-0.1, -0.05) is 42.5 Å². The Labute approximate surface area is 109 Å². The lowest BCUT2D eigenvalue weighted by molar-refractivity contribution is -0.143. The predicted octanol–water partition coefficient (Wildman–Crippen LogP) is 4.29. The monoisotopic (exact) mass is 266 g/mol. The number of hydrogen-bond acceptors (Lipinski definition) is 1. The molecule has 0 aliphatic heterocycles. The number of rotatable bonds is 4. The summed E-state index contributed by atoms with van der Waals surface area (Å²) in [6, 6.07) is 13.2. The van der Waals surface area contributed by atoms with Crippen molar-refractivity contribution in [2.75, 3.05) is 0 Å². The summed E-state index contributed by atoms with van der Waals surface area (Å²) >= 11 is 0. The number of hydrogen-bond donors (Lipinski definition) is 0. The van der Waals surface area contributed by atoms with Crippen LogP contribution >= 0.6 is 0 Å². The van der Waals surface area contributed by atoms with Crippen molar-refractivity contribution in [1.82, 2.24) is 0 Å². The minimum Gasteiger partial charge on any atom is -0.299 e. The van der Waals surface area contributed by atoms with Gasteiger partial charge in [-0.05, 0) is 16.3 Å². The van der Waals surface area contributed by atoms with Crippen LogP contribution in [0.1, 0.15) is 18.4 Å². The molecule has 0 amide bonds. The van der Waals surface area contributed by atoms with Gasteiger partial charge in [0.1, 0.15) is 5.78 Å². The van der Waals surface area contributed by atoms with Crippen LogP contribution in [0.3, 0.4) is 0 Å². The minimum atomic E-state index is -4.26. The maximum absolute atomic E-state index is 12.0. The molecule has 0 bridgehead atoms. The van der Waals surface area contributed by atoms with Gasteiger partial charge in [-0.15, -0.1) is 0 Å². The normalized spacial score (nSPS) is 11.7. The van der Waals surface area contributed by atoms with Crippen LogP contribution in [0.2, 0.25) is 0 Å². The van der Waals surface area contributed by atoms with Crippen LogP contribution in [0, 0.1) is 0 Å². The fourth-order valence-corrected chi connectivity index (χ4v) is 1.95. The van der Waals surface area contributed by atoms with Crippen LogP contribution in [0.25, 0.3) is 10.8 Å². The molecule has 0 fully saturated rings. The van der Waals surface area contributed by atoms with Gasteiger partial charge in [-0.2, -0.15) is 13.2 Å². The predicted molar refractivity (Wildman–Crippen MR) is 67.9 cm³/mol. The topological polar surface area (TPSA) is 17.1 Å². The first kappa shape index (κ1) is 13.6. The molecule has 0 radical (unpaired) electrons. The highest BCUT2D eigenvalue weighted by Gasteiger charge is 2.27. The number of Topliss-reactive ketones (excluding diaryl/α,β-unsaturated/α-hetero) is 1. The van der Waals surface area contributed by atoms with E-state index in [0.29, 0.717) is 0 Å². The second-order valence-corrected chi connectivity index (χ2v) is 4.51. The van der Waals surface area contributed by atoms with Gasteiger partial charge in [0.25, 0.3) is 0 Å². The Hall–Kier alpha value is -1.84. The largest absolute Gasteiger partial charge is 0.389 e. The maximum Gasteiger partial charge on any atom is 0.389 e. The summed E-state index contributed by atoms with van der Waals surface area (Å²) in [5.74, 6) is -0.382. The van der Waals surface area contributed by atoms with E-state index in [1.54, 1.807) is 6.07 Å². The molecule has 0 atom stereocenters. The van der Waals surface area contributed by atoms with Gasteiger partial charge in [0, 0.05) is 12.8 Å². The first-order valence-corrected chi connectivity index (χ1v) is 6.00. The molecule has 0 aliphatic rings. The second-order valence-electron chi connectivity index (χ2n) is 4.51. The fourth-order valence-electron chi connectivity index (χ4n) is 1.95. The number of halogens is 3. The number of alkyl halides is 3. The first-order valence-electron chi connectivity index (χ1n) is 6.00. The summed E-state index contributed by atoms with van der Waals surface area (Å²) in [5, 5.41) is 2.04. The van der Waals surface area contributed by atoms with Crippen molar-refractivity contribution >= 4 is 16.6 Å². The Kier molecular flexibility index (Phi) is 3.88. The van der Waals surface area contributed by atoms with Crippen molar-refractivity contribution in [1.29, 1.82) is 0 Å². The van der Waals surface area contributed by atoms with Gasteiger partial charge in [0.2, 0.25) is 0 Å². The molecule has 0 spiro atoms. The molecule has 2 aromatic carbocycles. The fraction of sp³-hybridized carbons (Fsp3) is 0.267. The second kappa shape index (κ2) is 5.43. The van der Waals surface area contributed by atoms with E-state index in [2.05, 4.69) is 0 Å². The van der Waals surface area contributed by atoms with Gasteiger partial charge in [0.15, 0.2) is 0 Å². The van der Waals surface area contributed by atoms with Crippen molar-refractivity contribution in [3.63, 3.8) is 0 Å². The molecule has 4 heteroatoms. The molecule has 0 saturated heterocycles. The zero-order valence-electron chi connectivity index (χ0n) is 10.2. The van der Waals surface area contributed by atoms with E-state index in [0.717, 1.165) is 16.3 Å². The Morgan fingerprint density at radius 2 is 1.68 bits per heavy atom. The van der Waals surface area contributed by atoms with Crippen LogP contribution in [0.4, 0.5) is 13.2 Å². The summed E-state index contributed by atoms with van der Waals surface area (Å²) in [5.41, 5.74) is 0.755. The standard InChI is InChI=1S/C15H13F3O/c16-15(17,18)8-7-14(19)10-11-5-6-12-3-1-2-4-13(12)9-11/h1-6,9H,7-8,10H2. The van der Waals surface area contributed by atoms with Crippen molar-refractivity contribution in [3.8, 4) is 0 Å². The van der Waals surface area contributed by atoms with E-state index in [9.17, 15) is 18.0 Å². The SMILES string of the molecule is O=C(CCC(F)(F)F)Cc1ccc2ccccc2c1. The molecule has 0 aromatic heterocycles. The quantitative estimate of drug-likeness (QED) is 0.806. The van der Waals surface area contributed by atoms with Crippen LogP contribution in [0.15, 0.2) is 42.5 Å². The highest BCUT2D eigenvalue weighted by atomic mass is 19.4. The highest BCUT2D eigenvalue weighted by molar-refractivity contribution is 5.86. The van der Waals surface area contributed by atoms with Crippen LogP contribution in [0.5, 0.6) is 0 Å². The number of benzene rings is 2. The Morgan fingerprint density at radius 1 is 1.00 bits per heavy atom. The molecular weight excluding hydrogens is 253 g/mol. The number of fused-ring (bicyclic) bond motifs is 1. The average molecular weight is 266 g/mol. The molecule has 0 aliphatic carbocycles. The van der Waals surface area contributed by atoms with Gasteiger partial charge < -0.3 is 0 Å². The van der Waals surface area contributed by atoms with E-state index in [1.165, 1.54) is 0 Å². The highest BCUT2D eigenvalue weighted by Crippen LogP contribution is 2.22. The van der Waals surface area contributed by atoms with Gasteiger partial charge in [-0.3, -0.25) is 4.79 Å². The average Bonchev–Trinajstić information content (AvgIpc) is 2.35. The lowest BCUT2D eigenvalue weighted by atomic mass is 10.0. The Morgan fingerprint density at radius 3 is 2.37 bits per heavy atom. The van der Waals surface area contributed by atoms with Crippen LogP contribution in [-0.2, 0) is 11.2 Å². The van der Waals surface area contributed by atoms with E-state index in [-0.39, 0.29) is 12.2 Å². The summed E-state index contributed by atoms with van der Waals surface area (Å²) < 4.78 is 36.0. The number of ketones is 1. The minimum absolute atomic E-state index is 0.0565. The van der Waals surface area contributed by atoms with E-state index >= 15 is 0 Å². The Balaban J connectivity index is 2.03. The van der Waals surface area contributed by atoms with Crippen molar-refractivity contribution < 1.29 is 18.0 Å². The van der Waals surface area contributed by atoms with Gasteiger partial charge in [0.05, 0.1) is 6.42 Å². The molecule has 2 aromatic rings. The summed E-state index contributed by atoms with van der Waals surface area (Å²) in [6.45, 7) is 0. The van der Waals surface area contributed by atoms with Crippen molar-refractivity contribution in [2.24, 2.45) is 0 Å².